The van der Waals surface area contributed by atoms with Crippen molar-refractivity contribution in [2.24, 2.45) is 0 Å². The summed E-state index contributed by atoms with van der Waals surface area (Å²) >= 11 is 0. The van der Waals surface area contributed by atoms with E-state index in [-0.39, 0.29) is 0 Å². The average molecular weight is 472 g/mol. The van der Waals surface area contributed by atoms with E-state index in [1.165, 1.54) is 38.4 Å². The van der Waals surface area contributed by atoms with Crippen molar-refractivity contribution in [1.82, 2.24) is 14.4 Å². The summed E-state index contributed by atoms with van der Waals surface area (Å²) in [4.78, 5) is 9.70. The quantitative estimate of drug-likeness (QED) is 0.236. The zero-order chi connectivity index (χ0) is 24.3. The number of aromatic nitrogens is 3. The topological polar surface area (TPSA) is 30.2 Å². The fourth-order valence-corrected chi connectivity index (χ4v) is 5.67. The average Bonchev–Trinajstić information content (AvgIpc) is 3.36. The Morgan fingerprint density at radius 1 is 0.514 bits per heavy atom. The Labute approximate surface area is 213 Å². The first-order valence-corrected chi connectivity index (χ1v) is 12.5. The van der Waals surface area contributed by atoms with Crippen LogP contribution in [0.2, 0.25) is 0 Å². The molecule has 8 rings (SSSR count). The van der Waals surface area contributed by atoms with Crippen molar-refractivity contribution in [3.05, 3.63) is 128 Å². The summed E-state index contributed by atoms with van der Waals surface area (Å²) in [6, 6.07) is 43.0. The summed E-state index contributed by atoms with van der Waals surface area (Å²) in [5.74, 6) is 0. The van der Waals surface area contributed by atoms with E-state index in [0.29, 0.717) is 0 Å². The predicted octanol–water partition coefficient (Wildman–Crippen LogP) is 8.68. The minimum atomic E-state index is 1.00. The molecule has 172 valence electrons. The number of hydrogen-bond donors (Lipinski definition) is 0. The monoisotopic (exact) mass is 471 g/mol. The molecule has 0 spiro atoms. The third-order valence-corrected chi connectivity index (χ3v) is 7.42. The number of imidazole rings is 1. The summed E-state index contributed by atoms with van der Waals surface area (Å²) in [6.45, 7) is 0. The number of para-hydroxylation sites is 2. The molecule has 37 heavy (non-hydrogen) atoms. The fourth-order valence-electron chi connectivity index (χ4n) is 5.67. The highest BCUT2D eigenvalue weighted by molar-refractivity contribution is 6.13. The highest BCUT2D eigenvalue weighted by Crippen LogP contribution is 2.34. The van der Waals surface area contributed by atoms with Crippen LogP contribution in [-0.2, 0) is 0 Å². The normalized spacial score (nSPS) is 11.8. The van der Waals surface area contributed by atoms with Crippen LogP contribution in [0, 0.1) is 0 Å². The van der Waals surface area contributed by atoms with Crippen molar-refractivity contribution < 1.29 is 0 Å². The Morgan fingerprint density at radius 2 is 1.24 bits per heavy atom. The van der Waals surface area contributed by atoms with Gasteiger partial charge in [-0.05, 0) is 46.3 Å². The summed E-state index contributed by atoms with van der Waals surface area (Å²) in [5.41, 5.74) is 10.0. The van der Waals surface area contributed by atoms with Gasteiger partial charge in [-0.3, -0.25) is 9.38 Å². The number of rotatable bonds is 2. The third kappa shape index (κ3) is 3.01. The molecule has 0 saturated carbocycles. The molecular formula is C34H21N3. The van der Waals surface area contributed by atoms with E-state index in [0.717, 1.165) is 33.1 Å². The molecule has 0 saturated heterocycles. The number of benzene rings is 5. The van der Waals surface area contributed by atoms with E-state index in [2.05, 4.69) is 125 Å². The van der Waals surface area contributed by atoms with Crippen molar-refractivity contribution in [2.75, 3.05) is 0 Å². The van der Waals surface area contributed by atoms with E-state index >= 15 is 0 Å². The molecule has 3 heterocycles. The first-order chi connectivity index (χ1) is 18.3. The lowest BCUT2D eigenvalue weighted by Gasteiger charge is -2.09. The molecular weight excluding hydrogens is 450 g/mol. The van der Waals surface area contributed by atoms with Gasteiger partial charge in [0.15, 0.2) is 0 Å². The van der Waals surface area contributed by atoms with Crippen LogP contribution in [0.5, 0.6) is 0 Å². The second kappa shape index (κ2) is 7.74. The Morgan fingerprint density at radius 3 is 2.14 bits per heavy atom. The van der Waals surface area contributed by atoms with Gasteiger partial charge in [0, 0.05) is 27.9 Å². The second-order valence-electron chi connectivity index (χ2n) is 9.50. The van der Waals surface area contributed by atoms with Crippen LogP contribution in [0.1, 0.15) is 0 Å². The molecule has 3 aromatic heterocycles. The molecule has 5 aromatic carbocycles. The van der Waals surface area contributed by atoms with Crippen molar-refractivity contribution >= 4 is 49.3 Å². The molecule has 0 unspecified atom stereocenters. The minimum absolute atomic E-state index is 1.00. The molecule has 0 N–H and O–H groups in total. The second-order valence-corrected chi connectivity index (χ2v) is 9.50. The molecule has 3 heteroatoms. The summed E-state index contributed by atoms with van der Waals surface area (Å²) in [5, 5.41) is 4.80. The molecule has 0 aliphatic rings. The summed E-state index contributed by atoms with van der Waals surface area (Å²) in [7, 11) is 0. The van der Waals surface area contributed by atoms with Crippen LogP contribution in [0.15, 0.2) is 128 Å². The maximum absolute atomic E-state index is 5.07. The van der Waals surface area contributed by atoms with Gasteiger partial charge in [-0.1, -0.05) is 97.1 Å². The SMILES string of the molecule is c1cnc2c(-c3ccc(-c4ccc5nc6c7ccccc7c7ccccc7n6c5c4)cc3)cccc2c1. The summed E-state index contributed by atoms with van der Waals surface area (Å²) in [6.07, 6.45) is 1.86. The van der Waals surface area contributed by atoms with Crippen molar-refractivity contribution in [3.8, 4) is 22.3 Å². The molecule has 0 bridgehead atoms. The van der Waals surface area contributed by atoms with Crippen LogP contribution >= 0.6 is 0 Å². The van der Waals surface area contributed by atoms with Gasteiger partial charge in [0.05, 0.1) is 22.1 Å². The molecule has 0 amide bonds. The lowest BCUT2D eigenvalue weighted by Crippen LogP contribution is -1.91. The fraction of sp³-hybridized carbons (Fsp3) is 0. The largest absolute Gasteiger partial charge is 0.292 e. The molecule has 3 nitrogen and oxygen atoms in total. The van der Waals surface area contributed by atoms with Gasteiger partial charge in [0.2, 0.25) is 0 Å². The molecule has 8 aromatic rings. The number of hydrogen-bond acceptors (Lipinski definition) is 2. The standard InChI is InChI=1S/C34H21N3/c1-2-11-29-27(9-1)28-10-3-4-13-31(28)37-32-21-25(18-19-30(32)36-34(29)37)22-14-16-23(17-15-22)26-12-5-7-24-8-6-20-35-33(24)26/h1-21H. The highest BCUT2D eigenvalue weighted by atomic mass is 15.0. The van der Waals surface area contributed by atoms with E-state index in [9.17, 15) is 0 Å². The van der Waals surface area contributed by atoms with Crippen LogP contribution in [-0.4, -0.2) is 14.4 Å². The number of pyridine rings is 2. The van der Waals surface area contributed by atoms with Gasteiger partial charge in [-0.15, -0.1) is 0 Å². The lowest BCUT2D eigenvalue weighted by atomic mass is 9.98. The minimum Gasteiger partial charge on any atom is -0.292 e. The zero-order valence-corrected chi connectivity index (χ0v) is 20.0. The van der Waals surface area contributed by atoms with Gasteiger partial charge in [-0.25, -0.2) is 4.98 Å². The van der Waals surface area contributed by atoms with Gasteiger partial charge in [0.1, 0.15) is 5.65 Å². The maximum atomic E-state index is 5.07. The van der Waals surface area contributed by atoms with Crippen LogP contribution < -0.4 is 0 Å². The summed E-state index contributed by atoms with van der Waals surface area (Å²) < 4.78 is 2.31. The van der Waals surface area contributed by atoms with Gasteiger partial charge >= 0.3 is 0 Å². The van der Waals surface area contributed by atoms with Gasteiger partial charge in [0.25, 0.3) is 0 Å². The Balaban J connectivity index is 1.31. The van der Waals surface area contributed by atoms with Gasteiger partial charge < -0.3 is 0 Å². The highest BCUT2D eigenvalue weighted by Gasteiger charge is 2.14. The van der Waals surface area contributed by atoms with Crippen molar-refractivity contribution in [3.63, 3.8) is 0 Å². The molecule has 0 radical (unpaired) electrons. The van der Waals surface area contributed by atoms with Crippen LogP contribution in [0.4, 0.5) is 0 Å². The zero-order valence-electron chi connectivity index (χ0n) is 20.0. The van der Waals surface area contributed by atoms with E-state index in [1.54, 1.807) is 0 Å². The smallest absolute Gasteiger partial charge is 0.146 e. The van der Waals surface area contributed by atoms with Crippen molar-refractivity contribution in [1.29, 1.82) is 0 Å². The van der Waals surface area contributed by atoms with Crippen LogP contribution in [0.3, 0.4) is 0 Å². The van der Waals surface area contributed by atoms with Crippen molar-refractivity contribution in [2.45, 2.75) is 0 Å². The first kappa shape index (κ1) is 20.2. The predicted molar refractivity (Wildman–Crippen MR) is 154 cm³/mol. The molecule has 0 fully saturated rings. The lowest BCUT2D eigenvalue weighted by molar-refractivity contribution is 1.31. The Kier molecular flexibility index (Phi) is 4.23. The van der Waals surface area contributed by atoms with E-state index in [1.807, 2.05) is 12.3 Å². The molecule has 0 atom stereocenters. The molecule has 0 aliphatic carbocycles. The number of fused-ring (bicyclic) bond motifs is 9. The Bertz CT molecular complexity index is 2130. The molecule has 0 aliphatic heterocycles. The van der Waals surface area contributed by atoms with Crippen LogP contribution in [0.25, 0.3) is 71.5 Å². The number of nitrogens with zero attached hydrogens (tertiary/aromatic N) is 3. The van der Waals surface area contributed by atoms with E-state index in [4.69, 9.17) is 4.98 Å². The Hall–Kier alpha value is -5.02. The first-order valence-electron chi connectivity index (χ1n) is 12.5. The maximum Gasteiger partial charge on any atom is 0.146 e. The van der Waals surface area contributed by atoms with Gasteiger partial charge in [-0.2, -0.15) is 0 Å². The van der Waals surface area contributed by atoms with E-state index < -0.39 is 0 Å². The third-order valence-electron chi connectivity index (χ3n) is 7.42.